The Bertz CT molecular complexity index is 654. The van der Waals surface area contributed by atoms with Gasteiger partial charge in [-0.3, -0.25) is 9.78 Å². The molecule has 2 rings (SSSR count). The third-order valence-electron chi connectivity index (χ3n) is 2.60. The van der Waals surface area contributed by atoms with Gasteiger partial charge in [0.05, 0.1) is 18.3 Å². The summed E-state index contributed by atoms with van der Waals surface area (Å²) >= 11 is 1.30. The Kier molecular flexibility index (Phi) is 4.88. The van der Waals surface area contributed by atoms with Crippen molar-refractivity contribution in [3.8, 4) is 11.8 Å². The van der Waals surface area contributed by atoms with E-state index in [1.807, 2.05) is 25.1 Å². The van der Waals surface area contributed by atoms with Crippen molar-refractivity contribution in [2.75, 3.05) is 11.9 Å². The van der Waals surface area contributed by atoms with Gasteiger partial charge in [-0.25, -0.2) is 0 Å². The monoisotopic (exact) mass is 286 g/mol. The number of hydrogen-bond donors (Lipinski definition) is 2. The quantitative estimate of drug-likeness (QED) is 0.852. The van der Waals surface area contributed by atoms with Gasteiger partial charge in [-0.2, -0.15) is 0 Å². The number of aliphatic hydroxyl groups is 1. The molecular formula is C15H14N2O2S. The summed E-state index contributed by atoms with van der Waals surface area (Å²) < 4.78 is 0. The largest absolute Gasteiger partial charge is 0.395 e. The molecule has 0 saturated carbocycles. The van der Waals surface area contributed by atoms with Crippen LogP contribution in [0, 0.1) is 18.8 Å². The molecule has 102 valence electrons. The summed E-state index contributed by atoms with van der Waals surface area (Å²) in [5.74, 6) is 5.67. The normalized spacial score (nSPS) is 9.70. The van der Waals surface area contributed by atoms with Crippen LogP contribution in [0.25, 0.3) is 0 Å². The van der Waals surface area contributed by atoms with Crippen LogP contribution >= 0.6 is 11.3 Å². The van der Waals surface area contributed by atoms with Crippen LogP contribution in [0.4, 0.5) is 5.69 Å². The molecule has 4 nitrogen and oxygen atoms in total. The standard InChI is InChI=1S/C15H14N2O2S/c1-11-8-12(4-2-3-7-18)5-6-13(11)17-15(19)14-9-16-10-20-14/h5-6,8-10,18H,3,7H2,1H3,(H,17,19). The Morgan fingerprint density at radius 1 is 1.50 bits per heavy atom. The van der Waals surface area contributed by atoms with Crippen molar-refractivity contribution >= 4 is 22.9 Å². The summed E-state index contributed by atoms with van der Waals surface area (Å²) in [7, 11) is 0. The average Bonchev–Trinajstić information content (AvgIpc) is 2.96. The molecule has 0 radical (unpaired) electrons. The number of hydrogen-bond acceptors (Lipinski definition) is 4. The predicted octanol–water partition coefficient (Wildman–Crippen LogP) is 2.44. The van der Waals surface area contributed by atoms with Gasteiger partial charge in [0.15, 0.2) is 0 Å². The first-order valence-corrected chi connectivity index (χ1v) is 6.99. The molecule has 0 aliphatic rings. The number of thiazole rings is 1. The Morgan fingerprint density at radius 3 is 3.00 bits per heavy atom. The number of aliphatic hydroxyl groups excluding tert-OH is 1. The number of anilines is 1. The summed E-state index contributed by atoms with van der Waals surface area (Å²) in [5.41, 5.74) is 4.20. The van der Waals surface area contributed by atoms with Gasteiger partial charge in [0, 0.05) is 17.7 Å². The van der Waals surface area contributed by atoms with Gasteiger partial charge >= 0.3 is 0 Å². The van der Waals surface area contributed by atoms with E-state index in [0.717, 1.165) is 16.8 Å². The Labute approximate surface area is 121 Å². The van der Waals surface area contributed by atoms with E-state index >= 15 is 0 Å². The lowest BCUT2D eigenvalue weighted by Gasteiger charge is -2.07. The molecular weight excluding hydrogens is 272 g/mol. The van der Waals surface area contributed by atoms with Crippen LogP contribution in [0.15, 0.2) is 29.9 Å². The first-order chi connectivity index (χ1) is 9.70. The van der Waals surface area contributed by atoms with Crippen molar-refractivity contribution in [3.63, 3.8) is 0 Å². The smallest absolute Gasteiger partial charge is 0.267 e. The highest BCUT2D eigenvalue weighted by Gasteiger charge is 2.09. The van der Waals surface area contributed by atoms with Gasteiger partial charge < -0.3 is 10.4 Å². The lowest BCUT2D eigenvalue weighted by Crippen LogP contribution is -2.11. The highest BCUT2D eigenvalue weighted by atomic mass is 32.1. The van der Waals surface area contributed by atoms with Gasteiger partial charge in [-0.05, 0) is 30.7 Å². The Hall–Kier alpha value is -2.16. The minimum atomic E-state index is -0.158. The highest BCUT2D eigenvalue weighted by molar-refractivity contribution is 7.11. The second-order valence-corrected chi connectivity index (χ2v) is 5.01. The van der Waals surface area contributed by atoms with E-state index in [2.05, 4.69) is 22.1 Å². The number of nitrogens with zero attached hydrogens (tertiary/aromatic N) is 1. The second kappa shape index (κ2) is 6.85. The van der Waals surface area contributed by atoms with Crippen molar-refractivity contribution in [2.24, 2.45) is 0 Å². The molecule has 2 N–H and O–H groups in total. The van der Waals surface area contributed by atoms with Crippen LogP contribution in [0.5, 0.6) is 0 Å². The van der Waals surface area contributed by atoms with E-state index in [1.165, 1.54) is 11.3 Å². The van der Waals surface area contributed by atoms with Crippen LogP contribution in [0.3, 0.4) is 0 Å². The molecule has 0 spiro atoms. The molecule has 20 heavy (non-hydrogen) atoms. The zero-order valence-corrected chi connectivity index (χ0v) is 11.8. The van der Waals surface area contributed by atoms with E-state index < -0.39 is 0 Å². The molecule has 0 unspecified atom stereocenters. The second-order valence-electron chi connectivity index (χ2n) is 4.12. The number of rotatable bonds is 3. The molecule has 2 aromatic rings. The zero-order valence-electron chi connectivity index (χ0n) is 11.0. The van der Waals surface area contributed by atoms with Gasteiger partial charge in [0.1, 0.15) is 4.88 Å². The zero-order chi connectivity index (χ0) is 14.4. The van der Waals surface area contributed by atoms with Crippen molar-refractivity contribution in [3.05, 3.63) is 45.9 Å². The van der Waals surface area contributed by atoms with Gasteiger partial charge in [-0.15, -0.1) is 11.3 Å². The third-order valence-corrected chi connectivity index (χ3v) is 3.37. The van der Waals surface area contributed by atoms with Crippen molar-refractivity contribution < 1.29 is 9.90 Å². The number of carbonyl (C=O) groups is 1. The summed E-state index contributed by atoms with van der Waals surface area (Å²) in [6, 6.07) is 5.59. The van der Waals surface area contributed by atoms with Crippen molar-refractivity contribution in [1.82, 2.24) is 4.98 Å². The summed E-state index contributed by atoms with van der Waals surface area (Å²) in [4.78, 5) is 16.4. The van der Waals surface area contributed by atoms with E-state index in [9.17, 15) is 4.79 Å². The fourth-order valence-corrected chi connectivity index (χ4v) is 2.13. The first-order valence-electron chi connectivity index (χ1n) is 6.11. The maximum absolute atomic E-state index is 11.9. The van der Waals surface area contributed by atoms with Crippen LogP contribution in [0.1, 0.15) is 27.2 Å². The summed E-state index contributed by atoms with van der Waals surface area (Å²) in [6.07, 6.45) is 2.01. The Balaban J connectivity index is 2.11. The molecule has 1 amide bonds. The highest BCUT2D eigenvalue weighted by Crippen LogP contribution is 2.18. The molecule has 1 aromatic carbocycles. The van der Waals surface area contributed by atoms with Gasteiger partial charge in [0.2, 0.25) is 0 Å². The molecule has 1 heterocycles. The van der Waals surface area contributed by atoms with Crippen molar-refractivity contribution in [2.45, 2.75) is 13.3 Å². The fraction of sp³-hybridized carbons (Fsp3) is 0.200. The van der Waals surface area contributed by atoms with Crippen molar-refractivity contribution in [1.29, 1.82) is 0 Å². The van der Waals surface area contributed by atoms with Gasteiger partial charge in [0.25, 0.3) is 5.91 Å². The predicted molar refractivity (Wildman–Crippen MR) is 79.8 cm³/mol. The molecule has 5 heteroatoms. The van der Waals surface area contributed by atoms with Crippen LogP contribution < -0.4 is 5.32 Å². The molecule has 1 aromatic heterocycles. The molecule has 0 fully saturated rings. The van der Waals surface area contributed by atoms with E-state index in [1.54, 1.807) is 11.7 Å². The maximum Gasteiger partial charge on any atom is 0.267 e. The third kappa shape index (κ3) is 3.67. The van der Waals surface area contributed by atoms with Gasteiger partial charge in [-0.1, -0.05) is 11.8 Å². The average molecular weight is 286 g/mol. The SMILES string of the molecule is Cc1cc(C#CCCO)ccc1NC(=O)c1cncs1. The van der Waals surface area contributed by atoms with E-state index in [0.29, 0.717) is 11.3 Å². The van der Waals surface area contributed by atoms with Crippen LogP contribution in [0.2, 0.25) is 0 Å². The van der Waals surface area contributed by atoms with E-state index in [-0.39, 0.29) is 12.5 Å². The number of nitrogens with one attached hydrogen (secondary N) is 1. The fourth-order valence-electron chi connectivity index (χ4n) is 1.61. The number of carbonyl (C=O) groups excluding carboxylic acids is 1. The topological polar surface area (TPSA) is 62.2 Å². The molecule has 0 aliphatic carbocycles. The Morgan fingerprint density at radius 2 is 2.35 bits per heavy atom. The summed E-state index contributed by atoms with van der Waals surface area (Å²) in [6.45, 7) is 1.98. The minimum absolute atomic E-state index is 0.0645. The van der Waals surface area contributed by atoms with E-state index in [4.69, 9.17) is 5.11 Å². The number of aromatic nitrogens is 1. The number of benzene rings is 1. The molecule has 0 saturated heterocycles. The molecule has 0 bridgehead atoms. The van der Waals surface area contributed by atoms with Crippen LogP contribution in [-0.4, -0.2) is 22.6 Å². The molecule has 0 atom stereocenters. The molecule has 0 aliphatic heterocycles. The lowest BCUT2D eigenvalue weighted by atomic mass is 10.1. The summed E-state index contributed by atoms with van der Waals surface area (Å²) in [5, 5.41) is 11.5. The lowest BCUT2D eigenvalue weighted by molar-refractivity contribution is 0.103. The number of amides is 1. The number of aryl methyl sites for hydroxylation is 1. The maximum atomic E-state index is 11.9. The van der Waals surface area contributed by atoms with Crippen LogP contribution in [-0.2, 0) is 0 Å². The first kappa shape index (κ1) is 14.3. The minimum Gasteiger partial charge on any atom is -0.395 e.